The summed E-state index contributed by atoms with van der Waals surface area (Å²) in [6, 6.07) is 6.59. The summed E-state index contributed by atoms with van der Waals surface area (Å²) in [7, 11) is 1.65. The van der Waals surface area contributed by atoms with Gasteiger partial charge < -0.3 is 19.0 Å². The Morgan fingerprint density at radius 1 is 1.37 bits per heavy atom. The molecule has 0 saturated carbocycles. The lowest BCUT2D eigenvalue weighted by atomic mass is 10.4. The minimum Gasteiger partial charge on any atom is -0.477 e. The number of furan rings is 1. The van der Waals surface area contributed by atoms with Gasteiger partial charge in [-0.2, -0.15) is 0 Å². The molecule has 0 unspecified atom stereocenters. The molecule has 0 saturated heterocycles. The second-order valence-electron chi connectivity index (χ2n) is 4.16. The van der Waals surface area contributed by atoms with Gasteiger partial charge in [0.2, 0.25) is 5.91 Å². The van der Waals surface area contributed by atoms with Crippen molar-refractivity contribution < 1.29 is 19.1 Å². The standard InChI is InChI=1S/C13H14N2O4/c1-14(8-10-4-3-7-19-10)12(16)9-15-6-2-5-11(15)13(17)18/h2-7H,8-9H2,1H3,(H,17,18). The monoisotopic (exact) mass is 262 g/mol. The molecular weight excluding hydrogens is 248 g/mol. The van der Waals surface area contributed by atoms with Crippen LogP contribution in [-0.4, -0.2) is 33.5 Å². The van der Waals surface area contributed by atoms with Crippen LogP contribution in [0, 0.1) is 0 Å². The van der Waals surface area contributed by atoms with E-state index in [1.807, 2.05) is 0 Å². The molecule has 0 aliphatic heterocycles. The summed E-state index contributed by atoms with van der Waals surface area (Å²) in [4.78, 5) is 24.4. The lowest BCUT2D eigenvalue weighted by molar-refractivity contribution is -0.131. The lowest BCUT2D eigenvalue weighted by Crippen LogP contribution is -2.30. The lowest BCUT2D eigenvalue weighted by Gasteiger charge is -2.16. The fourth-order valence-electron chi connectivity index (χ4n) is 1.74. The highest BCUT2D eigenvalue weighted by molar-refractivity contribution is 5.86. The number of carboxylic acids is 1. The van der Waals surface area contributed by atoms with Gasteiger partial charge in [-0.05, 0) is 24.3 Å². The van der Waals surface area contributed by atoms with Crippen LogP contribution in [0.3, 0.4) is 0 Å². The zero-order chi connectivity index (χ0) is 13.8. The van der Waals surface area contributed by atoms with Crippen LogP contribution in [-0.2, 0) is 17.9 Å². The Morgan fingerprint density at radius 3 is 2.79 bits per heavy atom. The van der Waals surface area contributed by atoms with Gasteiger partial charge in [-0.3, -0.25) is 4.79 Å². The van der Waals surface area contributed by atoms with Crippen molar-refractivity contribution in [2.24, 2.45) is 0 Å². The Bertz CT molecular complexity index is 571. The average Bonchev–Trinajstić information content (AvgIpc) is 2.99. The normalized spacial score (nSPS) is 10.4. The molecule has 2 aromatic heterocycles. The number of aromatic nitrogens is 1. The van der Waals surface area contributed by atoms with Gasteiger partial charge in [0, 0.05) is 13.2 Å². The molecule has 6 nitrogen and oxygen atoms in total. The number of carbonyl (C=O) groups excluding carboxylic acids is 1. The fourth-order valence-corrected chi connectivity index (χ4v) is 1.74. The summed E-state index contributed by atoms with van der Waals surface area (Å²) in [6.07, 6.45) is 3.12. The summed E-state index contributed by atoms with van der Waals surface area (Å²) in [5.74, 6) is -0.552. The van der Waals surface area contributed by atoms with Crippen LogP contribution in [0.1, 0.15) is 16.2 Å². The number of amides is 1. The van der Waals surface area contributed by atoms with Crippen molar-refractivity contribution in [3.8, 4) is 0 Å². The third kappa shape index (κ3) is 3.04. The van der Waals surface area contributed by atoms with Crippen molar-refractivity contribution in [1.29, 1.82) is 0 Å². The Kier molecular flexibility index (Phi) is 3.70. The number of rotatable bonds is 5. The smallest absolute Gasteiger partial charge is 0.352 e. The first kappa shape index (κ1) is 12.9. The molecule has 0 spiro atoms. The third-order valence-electron chi connectivity index (χ3n) is 2.75. The van der Waals surface area contributed by atoms with Crippen molar-refractivity contribution in [1.82, 2.24) is 9.47 Å². The van der Waals surface area contributed by atoms with Crippen molar-refractivity contribution in [3.63, 3.8) is 0 Å². The van der Waals surface area contributed by atoms with Crippen LogP contribution in [0.25, 0.3) is 0 Å². The minimum absolute atomic E-state index is 0.00809. The topological polar surface area (TPSA) is 75.7 Å². The molecule has 0 aliphatic rings. The van der Waals surface area contributed by atoms with Crippen LogP contribution < -0.4 is 0 Å². The Balaban J connectivity index is 2.00. The summed E-state index contributed by atoms with van der Waals surface area (Å²) in [5, 5.41) is 8.95. The average molecular weight is 262 g/mol. The number of hydrogen-bond acceptors (Lipinski definition) is 3. The molecule has 0 aliphatic carbocycles. The Labute approximate surface area is 109 Å². The van der Waals surface area contributed by atoms with Gasteiger partial charge in [-0.25, -0.2) is 4.79 Å². The molecule has 0 atom stereocenters. The number of nitrogens with zero attached hydrogens (tertiary/aromatic N) is 2. The van der Waals surface area contributed by atoms with E-state index >= 15 is 0 Å². The number of carbonyl (C=O) groups is 2. The van der Waals surface area contributed by atoms with Crippen molar-refractivity contribution in [2.75, 3.05) is 7.05 Å². The molecule has 0 aromatic carbocycles. The second-order valence-corrected chi connectivity index (χ2v) is 4.16. The first-order valence-corrected chi connectivity index (χ1v) is 5.72. The molecule has 0 fully saturated rings. The Hall–Kier alpha value is -2.50. The van der Waals surface area contributed by atoms with Crippen molar-refractivity contribution in [2.45, 2.75) is 13.1 Å². The highest BCUT2D eigenvalue weighted by Gasteiger charge is 2.15. The highest BCUT2D eigenvalue weighted by Crippen LogP contribution is 2.07. The van der Waals surface area contributed by atoms with E-state index in [1.54, 1.807) is 37.7 Å². The van der Waals surface area contributed by atoms with Crippen LogP contribution in [0.4, 0.5) is 0 Å². The molecule has 19 heavy (non-hydrogen) atoms. The van der Waals surface area contributed by atoms with E-state index < -0.39 is 5.97 Å². The van der Waals surface area contributed by atoms with E-state index in [4.69, 9.17) is 9.52 Å². The maximum absolute atomic E-state index is 12.0. The van der Waals surface area contributed by atoms with E-state index in [9.17, 15) is 9.59 Å². The van der Waals surface area contributed by atoms with Gasteiger partial charge in [0.05, 0.1) is 12.8 Å². The van der Waals surface area contributed by atoms with Crippen molar-refractivity contribution >= 4 is 11.9 Å². The van der Waals surface area contributed by atoms with Gasteiger partial charge in [0.25, 0.3) is 0 Å². The third-order valence-corrected chi connectivity index (χ3v) is 2.75. The van der Waals surface area contributed by atoms with Gasteiger partial charge in [0.15, 0.2) is 0 Å². The summed E-state index contributed by atoms with van der Waals surface area (Å²) in [5.41, 5.74) is 0.0970. The van der Waals surface area contributed by atoms with Crippen LogP contribution in [0.2, 0.25) is 0 Å². The molecule has 2 heterocycles. The zero-order valence-corrected chi connectivity index (χ0v) is 10.4. The van der Waals surface area contributed by atoms with E-state index in [0.29, 0.717) is 12.3 Å². The quantitative estimate of drug-likeness (QED) is 0.884. The summed E-state index contributed by atoms with van der Waals surface area (Å²) >= 11 is 0. The number of carboxylic acid groups (broad SMARTS) is 1. The fraction of sp³-hybridized carbons (Fsp3) is 0.231. The van der Waals surface area contributed by atoms with Crippen LogP contribution >= 0.6 is 0 Å². The minimum atomic E-state index is -1.05. The van der Waals surface area contributed by atoms with Crippen LogP contribution in [0.5, 0.6) is 0 Å². The molecule has 1 N–H and O–H groups in total. The summed E-state index contributed by atoms with van der Waals surface area (Å²) in [6.45, 7) is 0.349. The first-order valence-electron chi connectivity index (χ1n) is 5.72. The molecule has 0 bridgehead atoms. The molecule has 2 aromatic rings. The van der Waals surface area contributed by atoms with E-state index in [0.717, 1.165) is 0 Å². The maximum atomic E-state index is 12.0. The largest absolute Gasteiger partial charge is 0.477 e. The van der Waals surface area contributed by atoms with E-state index in [-0.39, 0.29) is 18.1 Å². The molecule has 0 radical (unpaired) electrons. The molecule has 1 amide bonds. The van der Waals surface area contributed by atoms with Gasteiger partial charge in [0.1, 0.15) is 18.0 Å². The zero-order valence-electron chi connectivity index (χ0n) is 10.4. The molecule has 2 rings (SSSR count). The second kappa shape index (κ2) is 5.43. The van der Waals surface area contributed by atoms with E-state index in [2.05, 4.69) is 0 Å². The SMILES string of the molecule is CN(Cc1ccco1)C(=O)Cn1cccc1C(=O)O. The van der Waals surface area contributed by atoms with Gasteiger partial charge in [-0.15, -0.1) is 0 Å². The highest BCUT2D eigenvalue weighted by atomic mass is 16.4. The Morgan fingerprint density at radius 2 is 2.16 bits per heavy atom. The summed E-state index contributed by atoms with van der Waals surface area (Å²) < 4.78 is 6.56. The number of likely N-dealkylation sites (N-methyl/N-ethyl adjacent to an activating group) is 1. The number of hydrogen-bond donors (Lipinski definition) is 1. The van der Waals surface area contributed by atoms with E-state index in [1.165, 1.54) is 15.5 Å². The van der Waals surface area contributed by atoms with Gasteiger partial charge in [-0.1, -0.05) is 0 Å². The van der Waals surface area contributed by atoms with Gasteiger partial charge >= 0.3 is 5.97 Å². The molecular formula is C13H14N2O4. The first-order chi connectivity index (χ1) is 9.08. The molecule has 100 valence electrons. The predicted molar refractivity (Wildman–Crippen MR) is 66.6 cm³/mol. The van der Waals surface area contributed by atoms with Crippen molar-refractivity contribution in [3.05, 3.63) is 48.2 Å². The van der Waals surface area contributed by atoms with Crippen LogP contribution in [0.15, 0.2) is 41.1 Å². The predicted octanol–water partition coefficient (Wildman–Crippen LogP) is 1.44. The maximum Gasteiger partial charge on any atom is 0.352 e. The molecule has 6 heteroatoms. The number of aromatic carboxylic acids is 1.